The van der Waals surface area contributed by atoms with Crippen molar-refractivity contribution in [2.45, 2.75) is 18.3 Å². The topological polar surface area (TPSA) is 106 Å². The van der Waals surface area contributed by atoms with Gasteiger partial charge in [-0.25, -0.2) is 9.31 Å². The number of aromatic carboxylic acids is 1. The zero-order valence-corrected chi connectivity index (χ0v) is 12.9. The summed E-state index contributed by atoms with van der Waals surface area (Å²) in [5.41, 5.74) is 8.04. The minimum absolute atomic E-state index is 0.0768. The van der Waals surface area contributed by atoms with Crippen LogP contribution in [0.5, 0.6) is 0 Å². The van der Waals surface area contributed by atoms with Gasteiger partial charge in [-0.05, 0) is 24.5 Å². The molecule has 0 aliphatic heterocycles. The number of carbonyl (C=O) groups is 1. The van der Waals surface area contributed by atoms with Crippen molar-refractivity contribution in [3.63, 3.8) is 0 Å². The lowest BCUT2D eigenvalue weighted by molar-refractivity contribution is 0.0698. The average molecular weight is 323 g/mol. The number of carboxylic acids is 1. The summed E-state index contributed by atoms with van der Waals surface area (Å²) in [5, 5.41) is 16.8. The first kappa shape index (κ1) is 14.5. The lowest BCUT2D eigenvalue weighted by Crippen LogP contribution is -2.21. The van der Waals surface area contributed by atoms with Gasteiger partial charge in [-0.3, -0.25) is 0 Å². The zero-order chi connectivity index (χ0) is 16.7. The van der Waals surface area contributed by atoms with Gasteiger partial charge in [-0.15, -0.1) is 5.10 Å². The van der Waals surface area contributed by atoms with Crippen LogP contribution in [-0.4, -0.2) is 32.2 Å². The third kappa shape index (κ3) is 2.44. The Balaban J connectivity index is 1.64. The Hall–Kier alpha value is -3.09. The largest absolute Gasteiger partial charge is 0.478 e. The normalized spacial score (nSPS) is 15.3. The number of benzene rings is 1. The molecule has 0 atom stereocenters. The van der Waals surface area contributed by atoms with Gasteiger partial charge in [0.15, 0.2) is 5.65 Å². The summed E-state index contributed by atoms with van der Waals surface area (Å²) in [4.78, 5) is 15.6. The molecule has 2 heterocycles. The Kier molecular flexibility index (Phi) is 3.16. The first-order chi connectivity index (χ1) is 11.6. The highest BCUT2D eigenvalue weighted by atomic mass is 16.4. The molecule has 24 heavy (non-hydrogen) atoms. The van der Waals surface area contributed by atoms with Crippen LogP contribution in [0, 0.1) is 0 Å². The monoisotopic (exact) mass is 323 g/mol. The summed E-state index contributed by atoms with van der Waals surface area (Å²) in [6.07, 6.45) is 3.80. The first-order valence-electron chi connectivity index (χ1n) is 7.76. The Morgan fingerprint density at radius 3 is 2.75 bits per heavy atom. The van der Waals surface area contributed by atoms with Crippen molar-refractivity contribution in [3.05, 3.63) is 53.7 Å². The van der Waals surface area contributed by atoms with E-state index < -0.39 is 5.97 Å². The highest BCUT2D eigenvalue weighted by Crippen LogP contribution is 2.48. The van der Waals surface area contributed by atoms with E-state index in [9.17, 15) is 9.90 Å². The van der Waals surface area contributed by atoms with E-state index in [0.29, 0.717) is 17.9 Å². The van der Waals surface area contributed by atoms with Gasteiger partial charge >= 0.3 is 5.97 Å². The number of aromatic nitrogens is 3. The maximum Gasteiger partial charge on any atom is 0.337 e. The number of rotatable bonds is 5. The summed E-state index contributed by atoms with van der Waals surface area (Å²) >= 11 is 0. The van der Waals surface area contributed by atoms with Crippen molar-refractivity contribution < 1.29 is 9.90 Å². The molecule has 1 saturated carbocycles. The van der Waals surface area contributed by atoms with Crippen molar-refractivity contribution in [1.29, 1.82) is 0 Å². The number of hydrogen-bond acceptors (Lipinski definition) is 5. The number of hydrogen-bond donors (Lipinski definition) is 3. The van der Waals surface area contributed by atoms with Crippen molar-refractivity contribution in [2.24, 2.45) is 0 Å². The van der Waals surface area contributed by atoms with Gasteiger partial charge < -0.3 is 16.2 Å². The molecule has 1 aliphatic carbocycles. The highest BCUT2D eigenvalue weighted by Gasteiger charge is 2.44. The van der Waals surface area contributed by atoms with Gasteiger partial charge in [0, 0.05) is 12.0 Å². The first-order valence-corrected chi connectivity index (χ1v) is 7.76. The molecule has 1 aliphatic rings. The van der Waals surface area contributed by atoms with E-state index in [0.717, 1.165) is 12.8 Å². The van der Waals surface area contributed by atoms with E-state index >= 15 is 0 Å². The second-order valence-electron chi connectivity index (χ2n) is 6.18. The number of carboxylic acid groups (broad SMARTS) is 1. The lowest BCUT2D eigenvalue weighted by Gasteiger charge is -2.18. The van der Waals surface area contributed by atoms with Crippen LogP contribution in [0.4, 0.5) is 11.6 Å². The smallest absolute Gasteiger partial charge is 0.337 e. The molecular formula is C17H17N5O2. The number of nitrogens with one attached hydrogen (secondary N) is 1. The number of fused-ring (bicyclic) bond motifs is 1. The molecule has 122 valence electrons. The zero-order valence-electron chi connectivity index (χ0n) is 12.9. The number of nitrogens with zero attached hydrogens (tertiary/aromatic N) is 3. The van der Waals surface area contributed by atoms with Crippen LogP contribution in [0.25, 0.3) is 5.65 Å². The van der Waals surface area contributed by atoms with Crippen molar-refractivity contribution >= 4 is 23.3 Å². The lowest BCUT2D eigenvalue weighted by atomic mass is 9.96. The molecule has 1 aromatic carbocycles. The second kappa shape index (κ2) is 5.23. The molecule has 0 saturated heterocycles. The summed E-state index contributed by atoms with van der Waals surface area (Å²) in [6, 6.07) is 11.8. The van der Waals surface area contributed by atoms with Gasteiger partial charge in [0.05, 0.1) is 17.4 Å². The number of nitrogens with two attached hydrogens (primary N) is 1. The van der Waals surface area contributed by atoms with Gasteiger partial charge in [0.2, 0.25) is 5.95 Å². The fourth-order valence-corrected chi connectivity index (χ4v) is 3.04. The van der Waals surface area contributed by atoms with Crippen molar-refractivity contribution in [1.82, 2.24) is 14.6 Å². The highest BCUT2D eigenvalue weighted by molar-refractivity contribution is 5.95. The van der Waals surface area contributed by atoms with Crippen molar-refractivity contribution in [3.8, 4) is 0 Å². The molecule has 0 spiro atoms. The van der Waals surface area contributed by atoms with Crippen LogP contribution < -0.4 is 11.1 Å². The Morgan fingerprint density at radius 1 is 1.33 bits per heavy atom. The molecule has 1 fully saturated rings. The van der Waals surface area contributed by atoms with Crippen LogP contribution in [0.3, 0.4) is 0 Å². The van der Waals surface area contributed by atoms with E-state index in [1.807, 2.05) is 18.2 Å². The minimum Gasteiger partial charge on any atom is -0.478 e. The van der Waals surface area contributed by atoms with E-state index in [2.05, 4.69) is 27.5 Å². The van der Waals surface area contributed by atoms with Crippen molar-refractivity contribution in [2.75, 3.05) is 17.6 Å². The van der Waals surface area contributed by atoms with Crippen LogP contribution in [-0.2, 0) is 5.41 Å². The Bertz CT molecular complexity index is 915. The number of pyridine rings is 1. The fraction of sp³-hybridized carbons (Fsp3) is 0.235. The maximum atomic E-state index is 11.6. The molecule has 4 N–H and O–H groups in total. The summed E-state index contributed by atoms with van der Waals surface area (Å²) < 4.78 is 1.49. The molecule has 0 unspecified atom stereocenters. The molecule has 4 rings (SSSR count). The van der Waals surface area contributed by atoms with Crippen LogP contribution in [0.2, 0.25) is 0 Å². The number of anilines is 2. The summed E-state index contributed by atoms with van der Waals surface area (Å²) in [7, 11) is 0. The molecule has 7 heteroatoms. The van der Waals surface area contributed by atoms with Gasteiger partial charge in [0.1, 0.15) is 0 Å². The quantitative estimate of drug-likeness (QED) is 0.664. The van der Waals surface area contributed by atoms with Crippen LogP contribution >= 0.6 is 0 Å². The van der Waals surface area contributed by atoms with Gasteiger partial charge in [-0.1, -0.05) is 30.3 Å². The molecule has 2 aromatic heterocycles. The molecule has 3 aromatic rings. The van der Waals surface area contributed by atoms with E-state index in [-0.39, 0.29) is 16.9 Å². The molecule has 0 bridgehead atoms. The Labute approximate surface area is 138 Å². The average Bonchev–Trinajstić information content (AvgIpc) is 3.28. The second-order valence-corrected chi connectivity index (χ2v) is 6.18. The van der Waals surface area contributed by atoms with Crippen LogP contribution in [0.1, 0.15) is 28.8 Å². The number of nitrogen functional groups attached to an aromatic ring is 1. The third-order valence-electron chi connectivity index (χ3n) is 4.58. The van der Waals surface area contributed by atoms with Crippen LogP contribution in [0.15, 0.2) is 42.6 Å². The molecule has 7 nitrogen and oxygen atoms in total. The molecular weight excluding hydrogens is 306 g/mol. The van der Waals surface area contributed by atoms with E-state index in [4.69, 9.17) is 5.73 Å². The Morgan fingerprint density at radius 2 is 2.08 bits per heavy atom. The minimum atomic E-state index is -1.01. The standard InChI is InChI=1S/C17H17N5O2/c18-16-20-14-8-12(15(23)24)13(9-22(14)21-16)19-10-17(6-7-17)11-4-2-1-3-5-11/h1-5,8-9,19H,6-7,10H2,(H2,18,21)(H,23,24). The fourth-order valence-electron chi connectivity index (χ4n) is 3.04. The predicted molar refractivity (Wildman–Crippen MR) is 90.2 cm³/mol. The van der Waals surface area contributed by atoms with Gasteiger partial charge in [0.25, 0.3) is 0 Å². The van der Waals surface area contributed by atoms with Gasteiger partial charge in [-0.2, -0.15) is 4.98 Å². The maximum absolute atomic E-state index is 11.6. The molecule has 0 radical (unpaired) electrons. The van der Waals surface area contributed by atoms with E-state index in [1.165, 1.54) is 16.1 Å². The molecule has 0 amide bonds. The summed E-state index contributed by atoms with van der Waals surface area (Å²) in [5.74, 6) is -0.891. The third-order valence-corrected chi connectivity index (χ3v) is 4.58. The van der Waals surface area contributed by atoms with E-state index in [1.54, 1.807) is 6.20 Å². The SMILES string of the molecule is Nc1nc2cc(C(=O)O)c(NCC3(c4ccccc4)CC3)cn2n1. The summed E-state index contributed by atoms with van der Waals surface area (Å²) in [6.45, 7) is 0.674. The predicted octanol–water partition coefficient (Wildman–Crippen LogP) is 2.15.